The van der Waals surface area contributed by atoms with Crippen molar-refractivity contribution in [3.8, 4) is 11.8 Å². The third kappa shape index (κ3) is 3.05. The van der Waals surface area contributed by atoms with Gasteiger partial charge in [0.2, 0.25) is 0 Å². The van der Waals surface area contributed by atoms with Gasteiger partial charge in [0.1, 0.15) is 16.8 Å². The van der Waals surface area contributed by atoms with Crippen LogP contribution in [-0.2, 0) is 6.54 Å². The number of rotatable bonds is 5. The van der Waals surface area contributed by atoms with Gasteiger partial charge in [0, 0.05) is 11.4 Å². The molecule has 0 bridgehead atoms. The highest BCUT2D eigenvalue weighted by atomic mass is 32.1. The highest BCUT2D eigenvalue weighted by molar-refractivity contribution is 7.09. The molecule has 0 atom stereocenters. The maximum absolute atomic E-state index is 10.7. The Kier molecular flexibility index (Phi) is 4.17. The third-order valence-corrected chi connectivity index (χ3v) is 3.40. The highest BCUT2D eigenvalue weighted by Gasteiger charge is 2.09. The average molecular weight is 289 g/mol. The molecular formula is C13H11N3O3S. The molecule has 0 amide bonds. The lowest BCUT2D eigenvalue weighted by molar-refractivity contribution is 0.0691. The molecule has 0 aliphatic rings. The van der Waals surface area contributed by atoms with Crippen LogP contribution in [0.1, 0.15) is 21.1 Å². The molecule has 7 heteroatoms. The number of carboxylic acid groups (broad SMARTS) is 1. The summed E-state index contributed by atoms with van der Waals surface area (Å²) in [6.45, 7) is 0.347. The zero-order valence-electron chi connectivity index (χ0n) is 10.6. The normalized spacial score (nSPS) is 9.80. The Morgan fingerprint density at radius 2 is 2.40 bits per heavy atom. The molecule has 0 radical (unpaired) electrons. The first-order valence-electron chi connectivity index (χ1n) is 5.63. The van der Waals surface area contributed by atoms with E-state index in [0.29, 0.717) is 28.6 Å². The standard InChI is InChI=1S/C13H11N3O3S/c1-19-9-3-2-8(5-14)10(4-9)15-6-12-16-11(7-20-12)13(17)18/h2-4,7,15H,6H2,1H3,(H,17,18). The minimum atomic E-state index is -1.05. The van der Waals surface area contributed by atoms with E-state index < -0.39 is 5.97 Å². The smallest absolute Gasteiger partial charge is 0.355 e. The van der Waals surface area contributed by atoms with Crippen LogP contribution in [-0.4, -0.2) is 23.2 Å². The first-order valence-corrected chi connectivity index (χ1v) is 6.51. The number of nitriles is 1. The Morgan fingerprint density at radius 3 is 3.00 bits per heavy atom. The number of nitrogens with zero attached hydrogens (tertiary/aromatic N) is 2. The molecule has 6 nitrogen and oxygen atoms in total. The molecule has 0 aliphatic carbocycles. The highest BCUT2D eigenvalue weighted by Crippen LogP contribution is 2.23. The summed E-state index contributed by atoms with van der Waals surface area (Å²) < 4.78 is 5.10. The quantitative estimate of drug-likeness (QED) is 0.877. The molecule has 0 spiro atoms. The lowest BCUT2D eigenvalue weighted by Gasteiger charge is -2.08. The second kappa shape index (κ2) is 6.04. The Hall–Kier alpha value is -2.59. The molecule has 0 aliphatic heterocycles. The summed E-state index contributed by atoms with van der Waals surface area (Å²) in [5.74, 6) is -0.413. The summed E-state index contributed by atoms with van der Waals surface area (Å²) in [7, 11) is 1.55. The molecule has 0 saturated carbocycles. The van der Waals surface area contributed by atoms with Gasteiger partial charge < -0.3 is 15.2 Å². The van der Waals surface area contributed by atoms with Gasteiger partial charge in [-0.3, -0.25) is 0 Å². The van der Waals surface area contributed by atoms with Crippen molar-refractivity contribution >= 4 is 23.0 Å². The first kappa shape index (κ1) is 13.8. The predicted molar refractivity (Wildman–Crippen MR) is 74.1 cm³/mol. The number of thiazole rings is 1. The van der Waals surface area contributed by atoms with Crippen molar-refractivity contribution in [2.75, 3.05) is 12.4 Å². The number of ether oxygens (including phenoxy) is 1. The predicted octanol–water partition coefficient (Wildman–Crippen LogP) is 2.33. The lowest BCUT2D eigenvalue weighted by atomic mass is 10.2. The second-order valence-electron chi connectivity index (χ2n) is 3.81. The molecule has 0 saturated heterocycles. The van der Waals surface area contributed by atoms with Gasteiger partial charge in [-0.1, -0.05) is 0 Å². The van der Waals surface area contributed by atoms with Crippen molar-refractivity contribution in [3.05, 3.63) is 39.8 Å². The fourth-order valence-electron chi connectivity index (χ4n) is 1.56. The van der Waals surface area contributed by atoms with Gasteiger partial charge in [0.25, 0.3) is 0 Å². The molecule has 1 aromatic heterocycles. The Morgan fingerprint density at radius 1 is 1.60 bits per heavy atom. The first-order chi connectivity index (χ1) is 9.63. The zero-order valence-corrected chi connectivity index (χ0v) is 11.4. The number of benzene rings is 1. The summed E-state index contributed by atoms with van der Waals surface area (Å²) in [4.78, 5) is 14.7. The van der Waals surface area contributed by atoms with Crippen LogP contribution in [0.3, 0.4) is 0 Å². The summed E-state index contributed by atoms with van der Waals surface area (Å²) in [6.07, 6.45) is 0. The number of carbonyl (C=O) groups is 1. The second-order valence-corrected chi connectivity index (χ2v) is 4.75. The van der Waals surface area contributed by atoms with E-state index in [-0.39, 0.29) is 5.69 Å². The number of aromatic nitrogens is 1. The van der Waals surface area contributed by atoms with Gasteiger partial charge in [-0.2, -0.15) is 5.26 Å². The Balaban J connectivity index is 2.13. The number of anilines is 1. The number of nitrogens with one attached hydrogen (secondary N) is 1. The molecule has 0 unspecified atom stereocenters. The number of methoxy groups -OCH3 is 1. The van der Waals surface area contributed by atoms with Gasteiger partial charge >= 0.3 is 5.97 Å². The number of hydrogen-bond acceptors (Lipinski definition) is 6. The number of hydrogen-bond donors (Lipinski definition) is 2. The van der Waals surface area contributed by atoms with Crippen LogP contribution in [0.5, 0.6) is 5.75 Å². The number of carboxylic acids is 1. The van der Waals surface area contributed by atoms with Crippen LogP contribution in [0.25, 0.3) is 0 Å². The number of aromatic carboxylic acids is 1. The van der Waals surface area contributed by atoms with Crippen molar-refractivity contribution in [2.45, 2.75) is 6.54 Å². The summed E-state index contributed by atoms with van der Waals surface area (Å²) in [6, 6.07) is 7.15. The van der Waals surface area contributed by atoms with Crippen LogP contribution >= 0.6 is 11.3 Å². The van der Waals surface area contributed by atoms with Crippen LogP contribution in [0.15, 0.2) is 23.6 Å². The third-order valence-electron chi connectivity index (χ3n) is 2.55. The van der Waals surface area contributed by atoms with Crippen LogP contribution in [0, 0.1) is 11.3 Å². The topological polar surface area (TPSA) is 95.2 Å². The van der Waals surface area contributed by atoms with E-state index in [2.05, 4.69) is 16.4 Å². The molecule has 2 rings (SSSR count). The van der Waals surface area contributed by atoms with E-state index in [1.165, 1.54) is 16.7 Å². The molecule has 2 aromatic rings. The van der Waals surface area contributed by atoms with Gasteiger partial charge in [-0.25, -0.2) is 9.78 Å². The molecule has 1 aromatic carbocycles. The maximum atomic E-state index is 10.7. The van der Waals surface area contributed by atoms with Gasteiger partial charge in [-0.15, -0.1) is 11.3 Å². The van der Waals surface area contributed by atoms with Crippen molar-refractivity contribution in [1.82, 2.24) is 4.98 Å². The molecule has 0 fully saturated rings. The van der Waals surface area contributed by atoms with Crippen molar-refractivity contribution in [2.24, 2.45) is 0 Å². The fourth-order valence-corrected chi connectivity index (χ4v) is 2.26. The Labute approximate surface area is 119 Å². The van der Waals surface area contributed by atoms with Gasteiger partial charge in [0.15, 0.2) is 5.69 Å². The minimum Gasteiger partial charge on any atom is -0.497 e. The lowest BCUT2D eigenvalue weighted by Crippen LogP contribution is -2.03. The molecular weight excluding hydrogens is 278 g/mol. The van der Waals surface area contributed by atoms with E-state index in [1.54, 1.807) is 25.3 Å². The molecule has 20 heavy (non-hydrogen) atoms. The summed E-state index contributed by atoms with van der Waals surface area (Å²) in [5.41, 5.74) is 1.14. The molecule has 2 N–H and O–H groups in total. The van der Waals surface area contributed by atoms with E-state index in [4.69, 9.17) is 15.1 Å². The average Bonchev–Trinajstić information content (AvgIpc) is 2.93. The largest absolute Gasteiger partial charge is 0.497 e. The van der Waals surface area contributed by atoms with Crippen molar-refractivity contribution in [1.29, 1.82) is 5.26 Å². The van der Waals surface area contributed by atoms with Gasteiger partial charge in [0.05, 0.1) is 24.9 Å². The SMILES string of the molecule is COc1ccc(C#N)c(NCc2nc(C(=O)O)cs2)c1. The fraction of sp³-hybridized carbons (Fsp3) is 0.154. The van der Waals surface area contributed by atoms with E-state index in [1.807, 2.05) is 0 Å². The maximum Gasteiger partial charge on any atom is 0.355 e. The van der Waals surface area contributed by atoms with Crippen molar-refractivity contribution < 1.29 is 14.6 Å². The zero-order chi connectivity index (χ0) is 14.5. The van der Waals surface area contributed by atoms with E-state index >= 15 is 0 Å². The molecule has 102 valence electrons. The summed E-state index contributed by atoms with van der Waals surface area (Å²) >= 11 is 1.25. The summed E-state index contributed by atoms with van der Waals surface area (Å²) in [5, 5.41) is 23.0. The van der Waals surface area contributed by atoms with Crippen LogP contribution in [0.2, 0.25) is 0 Å². The Bertz CT molecular complexity index is 676. The van der Waals surface area contributed by atoms with E-state index in [0.717, 1.165) is 0 Å². The van der Waals surface area contributed by atoms with Gasteiger partial charge in [-0.05, 0) is 12.1 Å². The monoisotopic (exact) mass is 289 g/mol. The van der Waals surface area contributed by atoms with Crippen molar-refractivity contribution in [3.63, 3.8) is 0 Å². The van der Waals surface area contributed by atoms with Crippen LogP contribution in [0.4, 0.5) is 5.69 Å². The van der Waals surface area contributed by atoms with Crippen LogP contribution < -0.4 is 10.1 Å². The molecule has 1 heterocycles. The minimum absolute atomic E-state index is 0.0259. The van der Waals surface area contributed by atoms with E-state index in [9.17, 15) is 4.79 Å².